The average Bonchev–Trinajstić information content (AvgIpc) is 2.85. The van der Waals surface area contributed by atoms with E-state index >= 15 is 0 Å². The number of ether oxygens (including phenoxy) is 1. The largest absolute Gasteiger partial charge is 0.444 e. The number of hydrogen-bond acceptors (Lipinski definition) is 5. The number of piperazine rings is 1. The van der Waals surface area contributed by atoms with E-state index in [1.54, 1.807) is 4.90 Å². The molecule has 6 nitrogen and oxygen atoms in total. The molecule has 0 N–H and O–H groups in total. The molecule has 1 aromatic heterocycles. The molecule has 1 aliphatic rings. The fourth-order valence-electron chi connectivity index (χ4n) is 1.96. The lowest BCUT2D eigenvalue weighted by molar-refractivity contribution is 0.0240. The van der Waals surface area contributed by atoms with Crippen molar-refractivity contribution < 1.29 is 14.1 Å². The summed E-state index contributed by atoms with van der Waals surface area (Å²) in [4.78, 5) is 15.8. The molecule has 20 heavy (non-hydrogen) atoms. The summed E-state index contributed by atoms with van der Waals surface area (Å²) in [6, 6.07) is 1.91. The number of alkyl halides is 1. The second-order valence-corrected chi connectivity index (χ2v) is 6.30. The van der Waals surface area contributed by atoms with E-state index in [-0.39, 0.29) is 6.09 Å². The summed E-state index contributed by atoms with van der Waals surface area (Å²) in [6.07, 6.45) is -0.251. The molecule has 0 radical (unpaired) electrons. The highest BCUT2D eigenvalue weighted by Gasteiger charge is 2.26. The van der Waals surface area contributed by atoms with Crippen molar-refractivity contribution in [2.75, 3.05) is 31.1 Å². The van der Waals surface area contributed by atoms with E-state index < -0.39 is 5.60 Å². The molecule has 0 spiro atoms. The number of carbonyl (C=O) groups excluding carboxylic acids is 1. The monoisotopic (exact) mass is 345 g/mol. The number of amides is 1. The Hall–Kier alpha value is -1.24. The van der Waals surface area contributed by atoms with Gasteiger partial charge in [0.2, 0.25) is 0 Å². The van der Waals surface area contributed by atoms with Crippen molar-refractivity contribution in [1.29, 1.82) is 0 Å². The zero-order chi connectivity index (χ0) is 14.8. The highest BCUT2D eigenvalue weighted by atomic mass is 79.9. The van der Waals surface area contributed by atoms with Crippen LogP contribution in [-0.2, 0) is 10.1 Å². The molecule has 112 valence electrons. The third-order valence-electron chi connectivity index (χ3n) is 2.93. The summed E-state index contributed by atoms with van der Waals surface area (Å²) in [7, 11) is 0. The van der Waals surface area contributed by atoms with E-state index in [1.165, 1.54) is 0 Å². The van der Waals surface area contributed by atoms with Gasteiger partial charge in [-0.3, -0.25) is 0 Å². The van der Waals surface area contributed by atoms with Crippen molar-refractivity contribution in [2.45, 2.75) is 31.7 Å². The lowest BCUT2D eigenvalue weighted by Gasteiger charge is -2.35. The van der Waals surface area contributed by atoms with E-state index in [1.807, 2.05) is 26.8 Å². The standard InChI is InChI=1S/C13H20BrN3O3/c1-13(2,3)19-12(18)17-6-4-16(5-7-17)11-8-10(9-14)20-15-11/h8H,4-7,9H2,1-3H3. The summed E-state index contributed by atoms with van der Waals surface area (Å²) < 4.78 is 10.5. The minimum absolute atomic E-state index is 0.251. The normalized spacial score (nSPS) is 16.4. The molecule has 2 rings (SSSR count). The van der Waals surface area contributed by atoms with Gasteiger partial charge in [0.1, 0.15) is 11.4 Å². The summed E-state index contributed by atoms with van der Waals surface area (Å²) in [5, 5.41) is 4.68. The third-order valence-corrected chi connectivity index (χ3v) is 3.49. The van der Waals surface area contributed by atoms with Gasteiger partial charge >= 0.3 is 6.09 Å². The van der Waals surface area contributed by atoms with E-state index in [2.05, 4.69) is 26.0 Å². The third kappa shape index (κ3) is 3.88. The number of nitrogens with zero attached hydrogens (tertiary/aromatic N) is 3. The first-order valence-corrected chi connectivity index (χ1v) is 7.75. The number of aromatic nitrogens is 1. The van der Waals surface area contributed by atoms with Crippen molar-refractivity contribution in [3.63, 3.8) is 0 Å². The first kappa shape index (κ1) is 15.2. The topological polar surface area (TPSA) is 58.8 Å². The lowest BCUT2D eigenvalue weighted by atomic mass is 10.2. The van der Waals surface area contributed by atoms with Crippen molar-refractivity contribution in [3.8, 4) is 0 Å². The molecule has 0 saturated carbocycles. The molecular formula is C13H20BrN3O3. The van der Waals surface area contributed by atoms with Gasteiger partial charge in [0.05, 0.1) is 5.33 Å². The lowest BCUT2D eigenvalue weighted by Crippen LogP contribution is -2.50. The molecule has 1 amide bonds. The highest BCUT2D eigenvalue weighted by Crippen LogP contribution is 2.19. The van der Waals surface area contributed by atoms with Crippen molar-refractivity contribution in [1.82, 2.24) is 10.1 Å². The van der Waals surface area contributed by atoms with Crippen LogP contribution in [0.25, 0.3) is 0 Å². The van der Waals surface area contributed by atoms with Crippen LogP contribution < -0.4 is 4.90 Å². The Labute approximate surface area is 127 Å². The van der Waals surface area contributed by atoms with E-state index in [4.69, 9.17) is 9.26 Å². The summed E-state index contributed by atoms with van der Waals surface area (Å²) in [5.74, 6) is 1.62. The van der Waals surface area contributed by atoms with Gasteiger partial charge in [-0.05, 0) is 20.8 Å². The number of hydrogen-bond donors (Lipinski definition) is 0. The van der Waals surface area contributed by atoms with Gasteiger partial charge in [-0.25, -0.2) is 4.79 Å². The maximum absolute atomic E-state index is 12.0. The zero-order valence-corrected chi connectivity index (χ0v) is 13.6. The Morgan fingerprint density at radius 3 is 2.55 bits per heavy atom. The molecule has 0 bridgehead atoms. The minimum Gasteiger partial charge on any atom is -0.444 e. The van der Waals surface area contributed by atoms with Gasteiger partial charge in [0.25, 0.3) is 0 Å². The SMILES string of the molecule is CC(C)(C)OC(=O)N1CCN(c2cc(CBr)on2)CC1. The van der Waals surface area contributed by atoms with Crippen LogP contribution in [0.4, 0.5) is 10.6 Å². The van der Waals surface area contributed by atoms with Gasteiger partial charge < -0.3 is 19.1 Å². The maximum Gasteiger partial charge on any atom is 0.410 e. The Kier molecular flexibility index (Phi) is 4.57. The second kappa shape index (κ2) is 6.03. The first-order valence-electron chi connectivity index (χ1n) is 6.63. The smallest absolute Gasteiger partial charge is 0.410 e. The van der Waals surface area contributed by atoms with Gasteiger partial charge in [-0.1, -0.05) is 21.1 Å². The van der Waals surface area contributed by atoms with Crippen LogP contribution in [0.1, 0.15) is 26.5 Å². The molecule has 1 fully saturated rings. The predicted molar refractivity (Wildman–Crippen MR) is 79.2 cm³/mol. The Bertz CT molecular complexity index is 462. The van der Waals surface area contributed by atoms with Crippen LogP contribution in [0, 0.1) is 0 Å². The predicted octanol–water partition coefficient (Wildman–Crippen LogP) is 2.63. The van der Waals surface area contributed by atoms with Crippen LogP contribution in [0.15, 0.2) is 10.6 Å². The van der Waals surface area contributed by atoms with Gasteiger partial charge in [-0.15, -0.1) is 0 Å². The molecule has 1 saturated heterocycles. The molecular weight excluding hydrogens is 326 g/mol. The Balaban J connectivity index is 1.87. The maximum atomic E-state index is 12.0. The first-order chi connectivity index (χ1) is 9.39. The van der Waals surface area contributed by atoms with Crippen molar-refractivity contribution >= 4 is 27.8 Å². The van der Waals surface area contributed by atoms with Crippen LogP contribution in [0.2, 0.25) is 0 Å². The molecule has 0 atom stereocenters. The number of anilines is 1. The number of rotatable bonds is 2. The summed E-state index contributed by atoms with van der Waals surface area (Å²) in [6.45, 7) is 8.34. The Morgan fingerprint density at radius 2 is 2.05 bits per heavy atom. The molecule has 7 heteroatoms. The van der Waals surface area contributed by atoms with Crippen LogP contribution >= 0.6 is 15.9 Å². The van der Waals surface area contributed by atoms with Crippen molar-refractivity contribution in [2.24, 2.45) is 0 Å². The molecule has 0 aliphatic carbocycles. The van der Waals surface area contributed by atoms with Crippen LogP contribution in [0.5, 0.6) is 0 Å². The van der Waals surface area contributed by atoms with Crippen LogP contribution in [-0.4, -0.2) is 47.9 Å². The Morgan fingerprint density at radius 1 is 1.40 bits per heavy atom. The van der Waals surface area contributed by atoms with Crippen LogP contribution in [0.3, 0.4) is 0 Å². The van der Waals surface area contributed by atoms with E-state index in [0.29, 0.717) is 18.4 Å². The van der Waals surface area contributed by atoms with E-state index in [9.17, 15) is 4.79 Å². The second-order valence-electron chi connectivity index (χ2n) is 5.74. The quantitative estimate of drug-likeness (QED) is 0.771. The van der Waals surface area contributed by atoms with Crippen molar-refractivity contribution in [3.05, 3.63) is 11.8 Å². The minimum atomic E-state index is -0.453. The molecule has 1 aromatic rings. The summed E-state index contributed by atoms with van der Waals surface area (Å²) in [5.41, 5.74) is -0.453. The fraction of sp³-hybridized carbons (Fsp3) is 0.692. The fourth-order valence-corrected chi connectivity index (χ4v) is 2.22. The zero-order valence-electron chi connectivity index (χ0n) is 12.1. The highest BCUT2D eigenvalue weighted by molar-refractivity contribution is 9.08. The molecule has 0 unspecified atom stereocenters. The average molecular weight is 346 g/mol. The number of carbonyl (C=O) groups is 1. The van der Waals surface area contributed by atoms with E-state index in [0.717, 1.165) is 24.7 Å². The number of halogens is 1. The summed E-state index contributed by atoms with van der Waals surface area (Å²) >= 11 is 3.33. The van der Waals surface area contributed by atoms with Gasteiger partial charge in [0, 0.05) is 32.2 Å². The van der Waals surface area contributed by atoms with Gasteiger partial charge in [0.15, 0.2) is 5.82 Å². The molecule has 0 aromatic carbocycles. The molecule has 1 aliphatic heterocycles. The van der Waals surface area contributed by atoms with Gasteiger partial charge in [-0.2, -0.15) is 0 Å². The molecule has 2 heterocycles.